The third-order valence-electron chi connectivity index (χ3n) is 5.14. The van der Waals surface area contributed by atoms with Crippen LogP contribution in [-0.4, -0.2) is 31.9 Å². The minimum atomic E-state index is -5.61. The van der Waals surface area contributed by atoms with E-state index in [1.807, 2.05) is 0 Å². The fourth-order valence-corrected chi connectivity index (χ4v) is 4.78. The summed E-state index contributed by atoms with van der Waals surface area (Å²) >= 11 is 11.8. The average Bonchev–Trinajstić information content (AvgIpc) is 2.79. The molecule has 2 atom stereocenters. The van der Waals surface area contributed by atoms with E-state index in [1.54, 1.807) is 18.2 Å². The highest BCUT2D eigenvalue weighted by atomic mass is 35.5. The number of carbonyl (C=O) groups is 1. The molecular formula is C23H17Cl2F4NO5S. The number of nitrogens with two attached hydrogens (primary N) is 1. The van der Waals surface area contributed by atoms with E-state index >= 15 is 4.39 Å². The molecule has 0 bridgehead atoms. The Balaban J connectivity index is 2.32. The number of rotatable bonds is 6. The van der Waals surface area contributed by atoms with Gasteiger partial charge in [-0.2, -0.15) is 13.2 Å². The number of halogens is 6. The average molecular weight is 566 g/mol. The van der Waals surface area contributed by atoms with Crippen LogP contribution in [0.3, 0.4) is 0 Å². The summed E-state index contributed by atoms with van der Waals surface area (Å²) in [5.74, 6) is -8.08. The zero-order valence-electron chi connectivity index (χ0n) is 18.2. The van der Waals surface area contributed by atoms with Crippen LogP contribution in [0, 0.1) is 5.82 Å². The molecule has 192 valence electrons. The molecule has 6 nitrogen and oxygen atoms in total. The Morgan fingerprint density at radius 1 is 1.03 bits per heavy atom. The summed E-state index contributed by atoms with van der Waals surface area (Å²) in [5.41, 5.74) is 4.77. The molecule has 0 aromatic heterocycles. The quantitative estimate of drug-likeness (QED) is 0.243. The van der Waals surface area contributed by atoms with Gasteiger partial charge in [0.15, 0.2) is 15.7 Å². The highest BCUT2D eigenvalue weighted by molar-refractivity contribution is 7.90. The predicted octanol–water partition coefficient (Wildman–Crippen LogP) is 5.15. The Morgan fingerprint density at radius 3 is 2.17 bits per heavy atom. The Morgan fingerprint density at radius 2 is 1.64 bits per heavy atom. The van der Waals surface area contributed by atoms with E-state index in [9.17, 15) is 31.5 Å². The van der Waals surface area contributed by atoms with Gasteiger partial charge >= 0.3 is 12.1 Å². The molecule has 0 aliphatic carbocycles. The van der Waals surface area contributed by atoms with Crippen molar-refractivity contribution in [3.63, 3.8) is 0 Å². The van der Waals surface area contributed by atoms with Crippen LogP contribution in [0.25, 0.3) is 11.1 Å². The minimum absolute atomic E-state index is 0.0289. The molecule has 3 rings (SSSR count). The zero-order valence-corrected chi connectivity index (χ0v) is 20.5. The normalized spacial score (nSPS) is 14.7. The molecule has 0 aliphatic heterocycles. The van der Waals surface area contributed by atoms with Gasteiger partial charge in [-0.1, -0.05) is 65.7 Å². The lowest BCUT2D eigenvalue weighted by Crippen LogP contribution is -2.46. The van der Waals surface area contributed by atoms with Gasteiger partial charge in [0.25, 0.3) is 5.79 Å². The molecule has 0 aliphatic rings. The Kier molecular flexibility index (Phi) is 7.73. The molecule has 0 amide bonds. The van der Waals surface area contributed by atoms with Crippen LogP contribution in [0.1, 0.15) is 17.2 Å². The van der Waals surface area contributed by atoms with E-state index < -0.39 is 50.1 Å². The van der Waals surface area contributed by atoms with Crippen LogP contribution in [0.2, 0.25) is 10.0 Å². The molecule has 0 heterocycles. The number of benzene rings is 3. The summed E-state index contributed by atoms with van der Waals surface area (Å²) in [5, 5.41) is 11.2. The first-order valence-corrected chi connectivity index (χ1v) is 12.5. The smallest absolute Gasteiger partial charge is 0.420 e. The molecule has 0 fully saturated rings. The number of carbonyl (C=O) groups excluding carboxylic acids is 1. The van der Waals surface area contributed by atoms with Crippen molar-refractivity contribution in [1.29, 1.82) is 0 Å². The van der Waals surface area contributed by atoms with Crippen molar-refractivity contribution >= 4 is 39.0 Å². The lowest BCUT2D eigenvalue weighted by atomic mass is 9.90. The minimum Gasteiger partial charge on any atom is -0.420 e. The molecule has 3 N–H and O–H groups in total. The van der Waals surface area contributed by atoms with E-state index in [-0.39, 0.29) is 26.7 Å². The highest BCUT2D eigenvalue weighted by Gasteiger charge is 2.51. The second-order valence-corrected chi connectivity index (χ2v) is 10.4. The number of sulfone groups is 1. The maximum absolute atomic E-state index is 15.9. The number of hydrogen-bond donors (Lipinski definition) is 2. The lowest BCUT2D eigenvalue weighted by molar-refractivity contribution is -0.260. The third kappa shape index (κ3) is 5.50. The highest BCUT2D eigenvalue weighted by Crippen LogP contribution is 2.42. The zero-order chi connectivity index (χ0) is 27.1. The third-order valence-corrected chi connectivity index (χ3v) is 7.02. The van der Waals surface area contributed by atoms with E-state index in [4.69, 9.17) is 28.9 Å². The molecule has 3 aromatic carbocycles. The standard InChI is InChI=1S/C23H17Cl2F4NO5S/c1-36(33,34)19-14(12-5-3-2-4-6-12)8-9-15(18(19)26)22(32,35-21(31)23(27,28)29)20(30)13-7-10-16(24)17(25)11-13/h2-11,20,32H,30H2,1H3. The molecule has 13 heteroatoms. The van der Waals surface area contributed by atoms with E-state index in [0.29, 0.717) is 6.26 Å². The van der Waals surface area contributed by atoms with Gasteiger partial charge in [0, 0.05) is 11.8 Å². The van der Waals surface area contributed by atoms with E-state index in [2.05, 4.69) is 4.74 Å². The molecule has 2 unspecified atom stereocenters. The largest absolute Gasteiger partial charge is 0.491 e. The summed E-state index contributed by atoms with van der Waals surface area (Å²) in [7, 11) is -4.38. The van der Waals surface area contributed by atoms with Crippen LogP contribution < -0.4 is 5.73 Å². The molecule has 0 spiro atoms. The first kappa shape index (κ1) is 27.9. The van der Waals surface area contributed by atoms with Gasteiger partial charge in [-0.25, -0.2) is 17.6 Å². The van der Waals surface area contributed by atoms with Crippen LogP contribution in [-0.2, 0) is 25.2 Å². The summed E-state index contributed by atoms with van der Waals surface area (Å²) in [6.45, 7) is 0. The van der Waals surface area contributed by atoms with Gasteiger partial charge in [-0.3, -0.25) is 0 Å². The maximum Gasteiger partial charge on any atom is 0.491 e. The van der Waals surface area contributed by atoms with Crippen LogP contribution in [0.5, 0.6) is 0 Å². The van der Waals surface area contributed by atoms with Gasteiger partial charge in [-0.05, 0) is 29.3 Å². The number of esters is 1. The molecule has 0 saturated heterocycles. The summed E-state index contributed by atoms with van der Waals surface area (Å²) < 4.78 is 84.5. The Bertz CT molecular complexity index is 1420. The van der Waals surface area contributed by atoms with Gasteiger partial charge in [0.1, 0.15) is 10.9 Å². The van der Waals surface area contributed by atoms with Crippen LogP contribution in [0.15, 0.2) is 65.6 Å². The number of aliphatic hydroxyl groups is 1. The molecule has 36 heavy (non-hydrogen) atoms. The fourth-order valence-electron chi connectivity index (χ4n) is 3.46. The molecular weight excluding hydrogens is 549 g/mol. The van der Waals surface area contributed by atoms with Crippen LogP contribution in [0.4, 0.5) is 17.6 Å². The van der Waals surface area contributed by atoms with Crippen molar-refractivity contribution in [2.75, 3.05) is 6.26 Å². The van der Waals surface area contributed by atoms with Gasteiger partial charge in [-0.15, -0.1) is 0 Å². The van der Waals surface area contributed by atoms with Crippen molar-refractivity contribution in [3.05, 3.63) is 87.7 Å². The summed E-state index contributed by atoms with van der Waals surface area (Å²) in [6, 6.07) is 10.9. The van der Waals surface area contributed by atoms with Gasteiger partial charge in [0.2, 0.25) is 0 Å². The predicted molar refractivity (Wildman–Crippen MR) is 124 cm³/mol. The fraction of sp³-hybridized carbons (Fsp3) is 0.174. The number of alkyl halides is 3. The van der Waals surface area contributed by atoms with Crippen molar-refractivity contribution < 1.29 is 40.6 Å². The topological polar surface area (TPSA) is 107 Å². The van der Waals surface area contributed by atoms with Crippen molar-refractivity contribution in [3.8, 4) is 11.1 Å². The first-order valence-electron chi connectivity index (χ1n) is 9.89. The SMILES string of the molecule is CS(=O)(=O)c1c(-c2ccccc2)ccc(C(O)(OC(=O)C(F)(F)F)C(N)c2ccc(Cl)c(Cl)c2)c1F. The van der Waals surface area contributed by atoms with Crippen LogP contribution >= 0.6 is 23.2 Å². The number of hydrogen-bond acceptors (Lipinski definition) is 6. The second-order valence-electron chi connectivity index (χ2n) is 7.68. The van der Waals surface area contributed by atoms with Crippen molar-refractivity contribution in [2.24, 2.45) is 5.73 Å². The summed E-state index contributed by atoms with van der Waals surface area (Å²) in [4.78, 5) is 10.8. The van der Waals surface area contributed by atoms with E-state index in [1.165, 1.54) is 18.2 Å². The molecule has 3 aromatic rings. The van der Waals surface area contributed by atoms with E-state index in [0.717, 1.165) is 24.3 Å². The Hall–Kier alpha value is -2.70. The summed E-state index contributed by atoms with van der Waals surface area (Å²) in [6.07, 6.45) is -4.94. The second kappa shape index (κ2) is 9.98. The Labute approximate surface area is 213 Å². The lowest BCUT2D eigenvalue weighted by Gasteiger charge is -2.34. The molecule has 0 saturated carbocycles. The van der Waals surface area contributed by atoms with Crippen molar-refractivity contribution in [2.45, 2.75) is 22.9 Å². The number of ether oxygens (including phenoxy) is 1. The van der Waals surface area contributed by atoms with Gasteiger partial charge in [0.05, 0.1) is 15.6 Å². The molecule has 0 radical (unpaired) electrons. The monoisotopic (exact) mass is 565 g/mol. The van der Waals surface area contributed by atoms with Crippen molar-refractivity contribution in [1.82, 2.24) is 0 Å². The first-order chi connectivity index (χ1) is 16.6. The maximum atomic E-state index is 15.9. The van der Waals surface area contributed by atoms with Gasteiger partial charge < -0.3 is 15.6 Å².